The molecule has 0 aliphatic carbocycles. The van der Waals surface area contributed by atoms with Crippen molar-refractivity contribution >= 4 is 27.4 Å². The molecule has 0 heterocycles. The van der Waals surface area contributed by atoms with E-state index in [0.717, 1.165) is 4.47 Å². The zero-order chi connectivity index (χ0) is 14.9. The van der Waals surface area contributed by atoms with E-state index in [1.807, 2.05) is 0 Å². The third-order valence-electron chi connectivity index (χ3n) is 3.05. The lowest BCUT2D eigenvalue weighted by Crippen LogP contribution is -2.06. The lowest BCUT2D eigenvalue weighted by molar-refractivity contribution is 0.103. The topological polar surface area (TPSA) is 52.3 Å². The predicted molar refractivity (Wildman–Crippen MR) is 79.7 cm³/mol. The van der Waals surface area contributed by atoms with E-state index in [2.05, 4.69) is 15.9 Å². The SMILES string of the molecule is COc1ccc(Br)cc1C(=O)c1cc(N)c(C)c(F)c1. The molecule has 2 N–H and O–H groups in total. The molecule has 0 fully saturated rings. The van der Waals surface area contributed by atoms with Crippen LogP contribution in [0.25, 0.3) is 0 Å². The molecular weight excluding hydrogens is 325 g/mol. The summed E-state index contributed by atoms with van der Waals surface area (Å²) in [6, 6.07) is 7.73. The summed E-state index contributed by atoms with van der Waals surface area (Å²) in [5.41, 5.74) is 6.84. The maximum absolute atomic E-state index is 13.7. The summed E-state index contributed by atoms with van der Waals surface area (Å²) in [5.74, 6) is -0.409. The fraction of sp³-hybridized carbons (Fsp3) is 0.133. The fourth-order valence-corrected chi connectivity index (χ4v) is 2.21. The van der Waals surface area contributed by atoms with E-state index < -0.39 is 5.82 Å². The average molecular weight is 338 g/mol. The highest BCUT2D eigenvalue weighted by atomic mass is 79.9. The van der Waals surface area contributed by atoms with Crippen molar-refractivity contribution in [3.05, 3.63) is 57.3 Å². The number of carbonyl (C=O) groups excluding carboxylic acids is 1. The molecule has 0 bridgehead atoms. The van der Waals surface area contributed by atoms with Crippen LogP contribution in [0.4, 0.5) is 10.1 Å². The van der Waals surface area contributed by atoms with E-state index in [1.54, 1.807) is 25.1 Å². The molecule has 0 aliphatic rings. The number of ketones is 1. The third-order valence-corrected chi connectivity index (χ3v) is 3.55. The molecule has 20 heavy (non-hydrogen) atoms. The van der Waals surface area contributed by atoms with Gasteiger partial charge >= 0.3 is 0 Å². The summed E-state index contributed by atoms with van der Waals surface area (Å²) in [6.07, 6.45) is 0. The molecule has 2 aromatic carbocycles. The highest BCUT2D eigenvalue weighted by Gasteiger charge is 2.17. The standard InChI is InChI=1S/C15H13BrFNO2/c1-8-12(17)5-9(6-13(8)18)15(19)11-7-10(16)3-4-14(11)20-2/h3-7H,18H2,1-2H3. The number of hydrogen-bond acceptors (Lipinski definition) is 3. The van der Waals surface area contributed by atoms with E-state index >= 15 is 0 Å². The van der Waals surface area contributed by atoms with Crippen molar-refractivity contribution in [2.45, 2.75) is 6.92 Å². The number of hydrogen-bond donors (Lipinski definition) is 1. The first-order valence-corrected chi connectivity index (χ1v) is 6.67. The van der Waals surface area contributed by atoms with Crippen LogP contribution in [0.15, 0.2) is 34.8 Å². The van der Waals surface area contributed by atoms with Gasteiger partial charge in [-0.1, -0.05) is 15.9 Å². The summed E-state index contributed by atoms with van der Waals surface area (Å²) < 4.78 is 19.6. The van der Waals surface area contributed by atoms with Crippen LogP contribution in [0.5, 0.6) is 5.75 Å². The predicted octanol–water partition coefficient (Wildman–Crippen LogP) is 3.72. The van der Waals surface area contributed by atoms with Crippen molar-refractivity contribution in [3.63, 3.8) is 0 Å². The zero-order valence-corrected chi connectivity index (χ0v) is 12.6. The normalized spacial score (nSPS) is 10.4. The van der Waals surface area contributed by atoms with Gasteiger partial charge in [0.25, 0.3) is 0 Å². The molecule has 104 valence electrons. The zero-order valence-electron chi connectivity index (χ0n) is 11.0. The van der Waals surface area contributed by atoms with E-state index in [-0.39, 0.29) is 17.0 Å². The molecule has 5 heteroatoms. The Balaban J connectivity index is 2.54. The van der Waals surface area contributed by atoms with E-state index in [4.69, 9.17) is 10.5 Å². The van der Waals surface area contributed by atoms with Gasteiger partial charge in [-0.15, -0.1) is 0 Å². The van der Waals surface area contributed by atoms with Gasteiger partial charge in [0, 0.05) is 21.3 Å². The van der Waals surface area contributed by atoms with Crippen LogP contribution in [0.1, 0.15) is 21.5 Å². The number of halogens is 2. The summed E-state index contributed by atoms with van der Waals surface area (Å²) in [6.45, 7) is 1.57. The lowest BCUT2D eigenvalue weighted by atomic mass is 10.00. The van der Waals surface area contributed by atoms with Crippen molar-refractivity contribution in [2.75, 3.05) is 12.8 Å². The van der Waals surface area contributed by atoms with Crippen molar-refractivity contribution in [1.29, 1.82) is 0 Å². The maximum Gasteiger partial charge on any atom is 0.196 e. The largest absolute Gasteiger partial charge is 0.496 e. The van der Waals surface area contributed by atoms with Crippen LogP contribution in [0.3, 0.4) is 0 Å². The second kappa shape index (κ2) is 5.63. The van der Waals surface area contributed by atoms with E-state index in [0.29, 0.717) is 16.9 Å². The van der Waals surface area contributed by atoms with Crippen LogP contribution in [0, 0.1) is 12.7 Å². The first kappa shape index (κ1) is 14.5. The average Bonchev–Trinajstić information content (AvgIpc) is 2.43. The number of rotatable bonds is 3. The lowest BCUT2D eigenvalue weighted by Gasteiger charge is -2.10. The Morgan fingerprint density at radius 1 is 1.30 bits per heavy atom. The van der Waals surface area contributed by atoms with Gasteiger partial charge in [0.15, 0.2) is 5.78 Å². The second-order valence-corrected chi connectivity index (χ2v) is 5.26. The van der Waals surface area contributed by atoms with E-state index in [9.17, 15) is 9.18 Å². The van der Waals surface area contributed by atoms with E-state index in [1.165, 1.54) is 19.2 Å². The Morgan fingerprint density at radius 3 is 2.60 bits per heavy atom. The molecule has 0 saturated heterocycles. The summed E-state index contributed by atoms with van der Waals surface area (Å²) in [4.78, 5) is 12.5. The maximum atomic E-state index is 13.7. The summed E-state index contributed by atoms with van der Waals surface area (Å²) in [7, 11) is 1.48. The van der Waals surface area contributed by atoms with Gasteiger partial charge in [-0.25, -0.2) is 4.39 Å². The summed E-state index contributed by atoms with van der Waals surface area (Å²) >= 11 is 3.30. The molecule has 3 nitrogen and oxygen atoms in total. The van der Waals surface area contributed by atoms with Gasteiger partial charge in [-0.3, -0.25) is 4.79 Å². The third kappa shape index (κ3) is 2.67. The monoisotopic (exact) mass is 337 g/mol. The highest BCUT2D eigenvalue weighted by Crippen LogP contribution is 2.27. The van der Waals surface area contributed by atoms with Gasteiger partial charge in [0.1, 0.15) is 11.6 Å². The Hall–Kier alpha value is -1.88. The van der Waals surface area contributed by atoms with Crippen molar-refractivity contribution < 1.29 is 13.9 Å². The Kier molecular flexibility index (Phi) is 4.09. The Labute approximate surface area is 124 Å². The van der Waals surface area contributed by atoms with Crippen molar-refractivity contribution in [1.82, 2.24) is 0 Å². The van der Waals surface area contributed by atoms with Crippen LogP contribution < -0.4 is 10.5 Å². The molecule has 0 unspecified atom stereocenters. The van der Waals surface area contributed by atoms with Gasteiger partial charge in [-0.2, -0.15) is 0 Å². The Bertz CT molecular complexity index is 663. The van der Waals surface area contributed by atoms with Crippen LogP contribution in [-0.4, -0.2) is 12.9 Å². The summed E-state index contributed by atoms with van der Waals surface area (Å²) in [5, 5.41) is 0. The minimum atomic E-state index is -0.498. The van der Waals surface area contributed by atoms with Crippen molar-refractivity contribution in [2.24, 2.45) is 0 Å². The number of methoxy groups -OCH3 is 1. The quantitative estimate of drug-likeness (QED) is 0.686. The number of nitrogens with two attached hydrogens (primary N) is 1. The smallest absolute Gasteiger partial charge is 0.196 e. The molecule has 2 rings (SSSR count). The molecule has 0 spiro atoms. The molecule has 0 amide bonds. The number of benzene rings is 2. The van der Waals surface area contributed by atoms with Gasteiger partial charge in [0.05, 0.1) is 12.7 Å². The van der Waals surface area contributed by atoms with Crippen LogP contribution in [0.2, 0.25) is 0 Å². The number of ether oxygens (including phenoxy) is 1. The van der Waals surface area contributed by atoms with Gasteiger partial charge < -0.3 is 10.5 Å². The Morgan fingerprint density at radius 2 is 2.00 bits per heavy atom. The molecule has 0 saturated carbocycles. The second-order valence-electron chi connectivity index (χ2n) is 4.35. The molecule has 0 atom stereocenters. The number of carbonyl (C=O) groups is 1. The van der Waals surface area contributed by atoms with Crippen LogP contribution >= 0.6 is 15.9 Å². The highest BCUT2D eigenvalue weighted by molar-refractivity contribution is 9.10. The first-order valence-electron chi connectivity index (χ1n) is 5.88. The number of anilines is 1. The van der Waals surface area contributed by atoms with Gasteiger partial charge in [0.2, 0.25) is 0 Å². The molecule has 0 aromatic heterocycles. The van der Waals surface area contributed by atoms with Gasteiger partial charge in [-0.05, 0) is 37.3 Å². The fourth-order valence-electron chi connectivity index (χ4n) is 1.84. The van der Waals surface area contributed by atoms with Crippen molar-refractivity contribution in [3.8, 4) is 5.75 Å². The van der Waals surface area contributed by atoms with Crippen LogP contribution in [-0.2, 0) is 0 Å². The molecule has 0 radical (unpaired) electrons. The minimum absolute atomic E-state index is 0.196. The molecule has 0 aliphatic heterocycles. The number of nitrogen functional groups attached to an aromatic ring is 1. The molecular formula is C15H13BrFNO2. The minimum Gasteiger partial charge on any atom is -0.496 e. The molecule has 2 aromatic rings. The first-order chi connectivity index (χ1) is 9.43.